The molecule has 24 heavy (non-hydrogen) atoms. The Balaban J connectivity index is 1.52. The van der Waals surface area contributed by atoms with E-state index >= 15 is 0 Å². The van der Waals surface area contributed by atoms with Crippen LogP contribution in [0.1, 0.15) is 44.6 Å². The number of likely N-dealkylation sites (N-methyl/N-ethyl adjacent to an activating group) is 1. The maximum atomic E-state index is 12.5. The van der Waals surface area contributed by atoms with Crippen molar-refractivity contribution < 1.29 is 9.59 Å². The summed E-state index contributed by atoms with van der Waals surface area (Å²) in [6, 6.07) is 0.143. The van der Waals surface area contributed by atoms with Crippen molar-refractivity contribution in [3.8, 4) is 0 Å². The van der Waals surface area contributed by atoms with Gasteiger partial charge >= 0.3 is 0 Å². The molecule has 0 bridgehead atoms. The molecular formula is C18H28N4O2. The number of hydrogen-bond acceptors (Lipinski definition) is 3. The minimum absolute atomic E-state index is 0.103. The topological polar surface area (TPSA) is 58.4 Å². The fourth-order valence-corrected chi connectivity index (χ4v) is 3.86. The van der Waals surface area contributed by atoms with Crippen LogP contribution in [0.4, 0.5) is 0 Å². The van der Waals surface area contributed by atoms with Crippen molar-refractivity contribution in [3.05, 3.63) is 18.0 Å². The number of rotatable bonds is 5. The third-order valence-electron chi connectivity index (χ3n) is 5.49. The molecule has 0 aromatic carbocycles. The molecule has 2 aliphatic rings. The lowest BCUT2D eigenvalue weighted by Crippen LogP contribution is -2.41. The zero-order valence-corrected chi connectivity index (χ0v) is 14.8. The van der Waals surface area contributed by atoms with Gasteiger partial charge in [0, 0.05) is 38.8 Å². The number of hydrogen-bond donors (Lipinski definition) is 0. The van der Waals surface area contributed by atoms with Crippen LogP contribution in [0, 0.1) is 5.92 Å². The fourth-order valence-electron chi connectivity index (χ4n) is 3.86. The maximum Gasteiger partial charge on any atom is 0.227 e. The summed E-state index contributed by atoms with van der Waals surface area (Å²) < 4.78 is 1.83. The quantitative estimate of drug-likeness (QED) is 0.824. The van der Waals surface area contributed by atoms with Crippen LogP contribution in [-0.4, -0.2) is 57.6 Å². The summed E-state index contributed by atoms with van der Waals surface area (Å²) >= 11 is 0. The molecule has 1 saturated heterocycles. The predicted molar refractivity (Wildman–Crippen MR) is 91.3 cm³/mol. The number of carbonyl (C=O) groups is 2. The molecule has 1 aromatic heterocycles. The van der Waals surface area contributed by atoms with Gasteiger partial charge in [0.15, 0.2) is 0 Å². The zero-order chi connectivity index (χ0) is 17.1. The normalized spacial score (nSPS) is 21.4. The summed E-state index contributed by atoms with van der Waals surface area (Å²) in [5, 5.41) is 4.22. The Bertz CT molecular complexity index is 592. The van der Waals surface area contributed by atoms with E-state index < -0.39 is 0 Å². The summed E-state index contributed by atoms with van der Waals surface area (Å²) in [4.78, 5) is 28.8. The van der Waals surface area contributed by atoms with E-state index in [-0.39, 0.29) is 17.9 Å². The highest BCUT2D eigenvalue weighted by Crippen LogP contribution is 2.28. The summed E-state index contributed by atoms with van der Waals surface area (Å²) in [6.07, 6.45) is 9.38. The Morgan fingerprint density at radius 1 is 1.29 bits per heavy atom. The molecule has 6 heteroatoms. The van der Waals surface area contributed by atoms with Crippen LogP contribution in [0.2, 0.25) is 0 Å². The summed E-state index contributed by atoms with van der Waals surface area (Å²) in [7, 11) is 1.86. The molecule has 1 unspecified atom stereocenters. The highest BCUT2D eigenvalue weighted by molar-refractivity contribution is 5.80. The minimum atomic E-state index is 0.103. The van der Waals surface area contributed by atoms with Crippen LogP contribution in [0.15, 0.2) is 12.4 Å². The number of amides is 2. The standard InChI is InChI=1S/C18H28N4O2/c1-3-22-12-14(11-19-22)10-17(23)20(2)16-8-9-21(13-16)18(24)15-6-4-5-7-15/h11-12,15-16H,3-10,13H2,1-2H3. The second-order valence-electron chi connectivity index (χ2n) is 7.09. The van der Waals surface area contributed by atoms with Gasteiger partial charge in [-0.05, 0) is 31.7 Å². The Hall–Kier alpha value is -1.85. The molecule has 2 heterocycles. The molecule has 0 radical (unpaired) electrons. The molecule has 1 aliphatic heterocycles. The van der Waals surface area contributed by atoms with Crippen LogP contribution < -0.4 is 0 Å². The molecule has 0 spiro atoms. The van der Waals surface area contributed by atoms with Crippen molar-refractivity contribution in [2.45, 2.75) is 58.0 Å². The van der Waals surface area contributed by atoms with Crippen LogP contribution in [0.3, 0.4) is 0 Å². The van der Waals surface area contributed by atoms with E-state index in [0.29, 0.717) is 18.9 Å². The lowest BCUT2D eigenvalue weighted by atomic mass is 10.1. The summed E-state index contributed by atoms with van der Waals surface area (Å²) in [6.45, 7) is 4.31. The van der Waals surface area contributed by atoms with Gasteiger partial charge in [0.25, 0.3) is 0 Å². The van der Waals surface area contributed by atoms with E-state index in [1.807, 2.05) is 34.6 Å². The van der Waals surface area contributed by atoms with Gasteiger partial charge in [-0.15, -0.1) is 0 Å². The first kappa shape index (κ1) is 17.0. The van der Waals surface area contributed by atoms with Gasteiger partial charge in [0.05, 0.1) is 18.7 Å². The number of aryl methyl sites for hydroxylation is 1. The Labute approximate surface area is 143 Å². The van der Waals surface area contributed by atoms with E-state index in [1.165, 1.54) is 12.8 Å². The number of nitrogens with zero attached hydrogens (tertiary/aromatic N) is 4. The van der Waals surface area contributed by atoms with Gasteiger partial charge in [0.1, 0.15) is 0 Å². The highest BCUT2D eigenvalue weighted by Gasteiger charge is 2.34. The van der Waals surface area contributed by atoms with Gasteiger partial charge in [-0.1, -0.05) is 12.8 Å². The van der Waals surface area contributed by atoms with Crippen LogP contribution in [0.25, 0.3) is 0 Å². The Morgan fingerprint density at radius 3 is 2.71 bits per heavy atom. The number of aromatic nitrogens is 2. The summed E-state index contributed by atoms with van der Waals surface area (Å²) in [5.41, 5.74) is 0.950. The second-order valence-corrected chi connectivity index (χ2v) is 7.09. The summed E-state index contributed by atoms with van der Waals surface area (Å²) in [5.74, 6) is 0.635. The highest BCUT2D eigenvalue weighted by atomic mass is 16.2. The van der Waals surface area contributed by atoms with E-state index in [4.69, 9.17) is 0 Å². The van der Waals surface area contributed by atoms with Crippen molar-refractivity contribution in [2.24, 2.45) is 5.92 Å². The van der Waals surface area contributed by atoms with E-state index in [9.17, 15) is 9.59 Å². The van der Waals surface area contributed by atoms with Gasteiger partial charge in [-0.3, -0.25) is 14.3 Å². The molecule has 2 fully saturated rings. The molecule has 3 rings (SSSR count). The second kappa shape index (κ2) is 7.36. The smallest absolute Gasteiger partial charge is 0.227 e. The molecule has 0 N–H and O–H groups in total. The SMILES string of the molecule is CCn1cc(CC(=O)N(C)C2CCN(C(=O)C3CCCC3)C2)cn1. The first-order valence-corrected chi connectivity index (χ1v) is 9.14. The van der Waals surface area contributed by atoms with Gasteiger partial charge < -0.3 is 9.80 Å². The minimum Gasteiger partial charge on any atom is -0.341 e. The lowest BCUT2D eigenvalue weighted by Gasteiger charge is -2.25. The van der Waals surface area contributed by atoms with Gasteiger partial charge in [-0.25, -0.2) is 0 Å². The third kappa shape index (κ3) is 3.62. The molecule has 1 saturated carbocycles. The first-order valence-electron chi connectivity index (χ1n) is 9.14. The average molecular weight is 332 g/mol. The number of carbonyl (C=O) groups excluding carboxylic acids is 2. The molecule has 1 aromatic rings. The molecule has 1 aliphatic carbocycles. The zero-order valence-electron chi connectivity index (χ0n) is 14.8. The van der Waals surface area contributed by atoms with Crippen molar-refractivity contribution in [3.63, 3.8) is 0 Å². The monoisotopic (exact) mass is 332 g/mol. The van der Waals surface area contributed by atoms with Crippen molar-refractivity contribution in [2.75, 3.05) is 20.1 Å². The first-order chi connectivity index (χ1) is 11.6. The third-order valence-corrected chi connectivity index (χ3v) is 5.49. The molecule has 132 valence electrons. The van der Waals surface area contributed by atoms with Crippen LogP contribution in [0.5, 0.6) is 0 Å². The van der Waals surface area contributed by atoms with Crippen molar-refractivity contribution in [1.82, 2.24) is 19.6 Å². The van der Waals surface area contributed by atoms with Gasteiger partial charge in [0.2, 0.25) is 11.8 Å². The van der Waals surface area contributed by atoms with Crippen LogP contribution >= 0.6 is 0 Å². The van der Waals surface area contributed by atoms with E-state index in [1.54, 1.807) is 6.20 Å². The number of likely N-dealkylation sites (tertiary alicyclic amines) is 1. The van der Waals surface area contributed by atoms with Crippen LogP contribution in [-0.2, 0) is 22.6 Å². The van der Waals surface area contributed by atoms with Gasteiger partial charge in [-0.2, -0.15) is 5.10 Å². The van der Waals surface area contributed by atoms with Crippen molar-refractivity contribution in [1.29, 1.82) is 0 Å². The maximum absolute atomic E-state index is 12.5. The van der Waals surface area contributed by atoms with E-state index in [2.05, 4.69) is 5.10 Å². The van der Waals surface area contributed by atoms with E-state index in [0.717, 1.165) is 37.9 Å². The lowest BCUT2D eigenvalue weighted by molar-refractivity contribution is -0.136. The predicted octanol–water partition coefficient (Wildman–Crippen LogP) is 1.69. The van der Waals surface area contributed by atoms with Crippen molar-refractivity contribution >= 4 is 11.8 Å². The molecular weight excluding hydrogens is 304 g/mol. The molecule has 2 amide bonds. The Kier molecular flexibility index (Phi) is 5.21. The fraction of sp³-hybridized carbons (Fsp3) is 0.722. The largest absolute Gasteiger partial charge is 0.341 e. The average Bonchev–Trinajstić information content (AvgIpc) is 3.33. The molecule has 6 nitrogen and oxygen atoms in total. The molecule has 1 atom stereocenters. The Morgan fingerprint density at radius 2 is 2.04 bits per heavy atom.